The zero-order chi connectivity index (χ0) is 22.8. The Balaban J connectivity index is 1.61. The summed E-state index contributed by atoms with van der Waals surface area (Å²) in [4.78, 5) is 6.68. The minimum atomic E-state index is 0.0561. The molecule has 0 atom stereocenters. The van der Waals surface area contributed by atoms with Crippen LogP contribution in [0.1, 0.15) is 12.6 Å². The van der Waals surface area contributed by atoms with Gasteiger partial charge in [-0.15, -0.1) is 0 Å². The third-order valence-corrected chi connectivity index (χ3v) is 4.86. The number of aromatic nitrogens is 1. The number of fused-ring (bicyclic) bond motifs is 1. The van der Waals surface area contributed by atoms with Gasteiger partial charge in [0.05, 0.1) is 11.2 Å². The van der Waals surface area contributed by atoms with E-state index in [0.717, 1.165) is 28.0 Å². The van der Waals surface area contributed by atoms with E-state index in [1.807, 2.05) is 96.8 Å². The van der Waals surface area contributed by atoms with Crippen molar-refractivity contribution >= 4 is 22.4 Å². The molecule has 3 N–H and O–H groups in total. The lowest BCUT2D eigenvalue weighted by Gasteiger charge is -2.19. The molecule has 0 unspecified atom stereocenters. The van der Waals surface area contributed by atoms with Crippen LogP contribution in [0.4, 0.5) is 5.69 Å². The van der Waals surface area contributed by atoms with Gasteiger partial charge in [0.25, 0.3) is 0 Å². The number of ether oxygens (including phenoxy) is 1. The lowest BCUT2D eigenvalue weighted by molar-refractivity contribution is 0.302. The number of para-hydroxylation sites is 1. The Bertz CT molecular complexity index is 1180. The molecular formula is C27H28N4O. The Morgan fingerprint density at radius 1 is 1.12 bits per heavy atom. The quantitative estimate of drug-likeness (QED) is 0.247. The van der Waals surface area contributed by atoms with Crippen LogP contribution in [0.25, 0.3) is 10.9 Å². The molecule has 0 saturated carbocycles. The van der Waals surface area contributed by atoms with E-state index in [2.05, 4.69) is 17.6 Å². The Labute approximate surface area is 189 Å². The number of allylic oxidation sites excluding steroid dienone is 3. The first-order chi connectivity index (χ1) is 15.6. The number of nitrogens with one attached hydrogen (secondary N) is 1. The number of hydrogen-bond acceptors (Lipinski definition) is 4. The van der Waals surface area contributed by atoms with Gasteiger partial charge in [-0.05, 0) is 37.4 Å². The Hall–Kier alpha value is -4.12. The van der Waals surface area contributed by atoms with E-state index in [1.165, 1.54) is 0 Å². The highest BCUT2D eigenvalue weighted by atomic mass is 16.5. The van der Waals surface area contributed by atoms with Gasteiger partial charge in [-0.3, -0.25) is 5.41 Å². The summed E-state index contributed by atoms with van der Waals surface area (Å²) in [5.41, 5.74) is 9.04. The fourth-order valence-corrected chi connectivity index (χ4v) is 3.14. The maximum absolute atomic E-state index is 7.48. The fourth-order valence-electron chi connectivity index (χ4n) is 3.14. The number of anilines is 1. The van der Waals surface area contributed by atoms with E-state index in [4.69, 9.17) is 15.9 Å². The Morgan fingerprint density at radius 3 is 2.75 bits per heavy atom. The van der Waals surface area contributed by atoms with Gasteiger partial charge < -0.3 is 15.4 Å². The number of nitrogens with two attached hydrogens (primary N) is 1. The molecule has 3 aromatic rings. The molecule has 0 aliphatic carbocycles. The predicted octanol–water partition coefficient (Wildman–Crippen LogP) is 5.76. The van der Waals surface area contributed by atoms with Crippen LogP contribution in [0.3, 0.4) is 0 Å². The molecule has 0 radical (unpaired) electrons. The number of nitrogens with zero attached hydrogens (tertiary/aromatic N) is 2. The van der Waals surface area contributed by atoms with E-state index in [-0.39, 0.29) is 5.84 Å². The second-order valence-electron chi connectivity index (χ2n) is 7.06. The highest BCUT2D eigenvalue weighted by Gasteiger charge is 2.04. The molecule has 0 aliphatic heterocycles. The number of rotatable bonds is 10. The highest BCUT2D eigenvalue weighted by Crippen LogP contribution is 2.22. The van der Waals surface area contributed by atoms with Crippen molar-refractivity contribution in [3.05, 3.63) is 115 Å². The molecule has 0 fully saturated rings. The molecule has 5 heteroatoms. The van der Waals surface area contributed by atoms with Crippen molar-refractivity contribution in [2.45, 2.75) is 13.5 Å². The standard InChI is InChI=1S/C27H28N4O/c1-3-21(27(28)29)11-6-5-9-18-31(4-2)24-13-10-14-25(19-24)32-20-23-17-16-22-12-7-8-15-26(22)30-23/h3-17,19H,2,18,20H2,1H3,(H3,28,29)/b9-5+,11-6-,21-3+. The van der Waals surface area contributed by atoms with Gasteiger partial charge in [-0.25, -0.2) is 4.98 Å². The fraction of sp³-hybridized carbons (Fsp3) is 0.111. The summed E-state index contributed by atoms with van der Waals surface area (Å²) >= 11 is 0. The molecule has 0 amide bonds. The summed E-state index contributed by atoms with van der Waals surface area (Å²) < 4.78 is 5.99. The molecule has 3 rings (SSSR count). The second kappa shape index (κ2) is 11.3. The van der Waals surface area contributed by atoms with Crippen LogP contribution in [0.2, 0.25) is 0 Å². The van der Waals surface area contributed by atoms with Gasteiger partial charge in [0.2, 0.25) is 0 Å². The van der Waals surface area contributed by atoms with Crippen molar-refractivity contribution in [3.8, 4) is 5.75 Å². The second-order valence-corrected chi connectivity index (χ2v) is 7.06. The molecule has 32 heavy (non-hydrogen) atoms. The minimum Gasteiger partial charge on any atom is -0.487 e. The number of amidine groups is 1. The molecule has 2 aromatic carbocycles. The summed E-state index contributed by atoms with van der Waals surface area (Å²) in [6, 6.07) is 20.0. The molecule has 0 spiro atoms. The van der Waals surface area contributed by atoms with Crippen LogP contribution >= 0.6 is 0 Å². The van der Waals surface area contributed by atoms with Crippen molar-refractivity contribution in [1.82, 2.24) is 4.98 Å². The summed E-state index contributed by atoms with van der Waals surface area (Å²) in [5, 5.41) is 8.60. The first-order valence-electron chi connectivity index (χ1n) is 10.4. The van der Waals surface area contributed by atoms with E-state index in [1.54, 1.807) is 6.20 Å². The maximum atomic E-state index is 7.48. The van der Waals surface area contributed by atoms with E-state index in [9.17, 15) is 0 Å². The minimum absolute atomic E-state index is 0.0561. The largest absolute Gasteiger partial charge is 0.487 e. The van der Waals surface area contributed by atoms with Crippen molar-refractivity contribution in [2.75, 3.05) is 11.4 Å². The molecule has 0 aliphatic rings. The summed E-state index contributed by atoms with van der Waals surface area (Å²) in [6.45, 7) is 6.83. The zero-order valence-corrected chi connectivity index (χ0v) is 18.2. The Morgan fingerprint density at radius 2 is 1.97 bits per heavy atom. The monoisotopic (exact) mass is 424 g/mol. The van der Waals surface area contributed by atoms with E-state index >= 15 is 0 Å². The SMILES string of the molecule is C=CN(C/C=C/C=C\C(=C/C)C(=N)N)c1cccc(OCc2ccc3ccccc3n2)c1. The topological polar surface area (TPSA) is 75.2 Å². The summed E-state index contributed by atoms with van der Waals surface area (Å²) in [7, 11) is 0. The average molecular weight is 425 g/mol. The number of benzene rings is 2. The van der Waals surface area contributed by atoms with Gasteiger partial charge in [0, 0.05) is 29.3 Å². The zero-order valence-electron chi connectivity index (χ0n) is 18.2. The van der Waals surface area contributed by atoms with Gasteiger partial charge in [-0.2, -0.15) is 0 Å². The molecule has 1 aromatic heterocycles. The van der Waals surface area contributed by atoms with Crippen molar-refractivity contribution < 1.29 is 4.74 Å². The van der Waals surface area contributed by atoms with Gasteiger partial charge in [-0.1, -0.05) is 67.3 Å². The molecule has 5 nitrogen and oxygen atoms in total. The van der Waals surface area contributed by atoms with Crippen LogP contribution in [0.15, 0.2) is 109 Å². The summed E-state index contributed by atoms with van der Waals surface area (Å²) in [5.74, 6) is 0.827. The van der Waals surface area contributed by atoms with Gasteiger partial charge in [0.15, 0.2) is 0 Å². The Kier molecular flexibility index (Phi) is 7.98. The lowest BCUT2D eigenvalue weighted by Crippen LogP contribution is -2.15. The van der Waals surface area contributed by atoms with E-state index < -0.39 is 0 Å². The first-order valence-corrected chi connectivity index (χ1v) is 10.4. The number of pyridine rings is 1. The van der Waals surface area contributed by atoms with Crippen LogP contribution in [-0.4, -0.2) is 17.4 Å². The molecule has 0 saturated heterocycles. The van der Waals surface area contributed by atoms with Crippen LogP contribution in [0.5, 0.6) is 5.75 Å². The van der Waals surface area contributed by atoms with Crippen LogP contribution in [0, 0.1) is 5.41 Å². The van der Waals surface area contributed by atoms with Crippen molar-refractivity contribution in [3.63, 3.8) is 0 Å². The molecular weight excluding hydrogens is 396 g/mol. The van der Waals surface area contributed by atoms with Crippen LogP contribution in [-0.2, 0) is 6.61 Å². The third kappa shape index (κ3) is 6.19. The maximum Gasteiger partial charge on any atom is 0.130 e. The molecule has 0 bridgehead atoms. The molecule has 162 valence electrons. The molecule has 1 heterocycles. The van der Waals surface area contributed by atoms with Gasteiger partial charge in [0.1, 0.15) is 18.2 Å². The first kappa shape index (κ1) is 22.6. The van der Waals surface area contributed by atoms with Crippen molar-refractivity contribution in [1.29, 1.82) is 5.41 Å². The predicted molar refractivity (Wildman–Crippen MR) is 134 cm³/mol. The smallest absolute Gasteiger partial charge is 0.130 e. The average Bonchev–Trinajstić information content (AvgIpc) is 2.82. The lowest BCUT2D eigenvalue weighted by atomic mass is 10.2. The van der Waals surface area contributed by atoms with Crippen LogP contribution < -0.4 is 15.4 Å². The summed E-state index contributed by atoms with van der Waals surface area (Å²) in [6.07, 6.45) is 11.2. The number of hydrogen-bond donors (Lipinski definition) is 2. The van der Waals surface area contributed by atoms with Gasteiger partial charge >= 0.3 is 0 Å². The van der Waals surface area contributed by atoms with E-state index in [0.29, 0.717) is 18.7 Å². The normalized spacial score (nSPS) is 11.8. The highest BCUT2D eigenvalue weighted by molar-refractivity contribution is 5.97. The third-order valence-electron chi connectivity index (χ3n) is 4.86. The van der Waals surface area contributed by atoms with Crippen molar-refractivity contribution in [2.24, 2.45) is 5.73 Å².